The predicted octanol–water partition coefficient (Wildman–Crippen LogP) is 10.6. The second-order valence-corrected chi connectivity index (χ2v) is 11.4. The second-order valence-electron chi connectivity index (χ2n) is 9.14. The number of Topliss-reactive ketones (excluding diaryl/α,β-unsaturated/α-hetero) is 1. The molecule has 0 aliphatic rings. The molecule has 0 aliphatic carbocycles. The van der Waals surface area contributed by atoms with Gasteiger partial charge in [0, 0.05) is 12.0 Å². The molecular weight excluding hydrogens is 581 g/mol. The molecule has 0 bridgehead atoms. The zero-order chi connectivity index (χ0) is 28.1. The first-order valence-electron chi connectivity index (χ1n) is 11.2. The van der Waals surface area contributed by atoms with E-state index in [1.165, 1.54) is 6.07 Å². The number of benzene rings is 2. The Bertz CT molecular complexity index is 1110. The van der Waals surface area contributed by atoms with Gasteiger partial charge in [-0.2, -0.15) is 38.1 Å². The van der Waals surface area contributed by atoms with Crippen LogP contribution < -0.4 is 0 Å². The van der Waals surface area contributed by atoms with Gasteiger partial charge >= 0.3 is 12.4 Å². The first-order chi connectivity index (χ1) is 17.0. The molecule has 0 saturated carbocycles. The largest absolute Gasteiger partial charge is 0.417 e. The summed E-state index contributed by atoms with van der Waals surface area (Å²) in [7, 11) is 0. The van der Waals surface area contributed by atoms with Crippen molar-refractivity contribution < 1.29 is 31.1 Å². The lowest BCUT2D eigenvalue weighted by atomic mass is 9.93. The van der Waals surface area contributed by atoms with E-state index in [1.54, 1.807) is 18.7 Å². The molecule has 0 amide bonds. The van der Waals surface area contributed by atoms with Crippen molar-refractivity contribution in [3.8, 4) is 0 Å². The molecule has 2 rings (SSSR count). The molecule has 0 aromatic heterocycles. The lowest BCUT2D eigenvalue weighted by Gasteiger charge is -2.19. The quantitative estimate of drug-likeness (QED) is 0.152. The van der Waals surface area contributed by atoms with Gasteiger partial charge in [0.1, 0.15) is 0 Å². The fourth-order valence-electron chi connectivity index (χ4n) is 3.50. The van der Waals surface area contributed by atoms with Gasteiger partial charge < -0.3 is 0 Å². The van der Waals surface area contributed by atoms with Crippen LogP contribution in [0.1, 0.15) is 60.2 Å². The number of carbonyl (C=O) groups is 1. The van der Waals surface area contributed by atoms with Crippen molar-refractivity contribution in [2.24, 2.45) is 11.8 Å². The molecule has 0 radical (unpaired) electrons. The Balaban J connectivity index is 2.36. The third-order valence-corrected chi connectivity index (χ3v) is 8.14. The van der Waals surface area contributed by atoms with Crippen molar-refractivity contribution in [3.63, 3.8) is 0 Å². The molecule has 0 aliphatic heterocycles. The smallest absolute Gasteiger partial charge is 0.294 e. The monoisotopic (exact) mass is 604 g/mol. The van der Waals surface area contributed by atoms with Gasteiger partial charge in [-0.25, -0.2) is 0 Å². The van der Waals surface area contributed by atoms with Crippen molar-refractivity contribution in [1.29, 1.82) is 0 Å². The van der Waals surface area contributed by atoms with Gasteiger partial charge in [-0.3, -0.25) is 4.79 Å². The average molecular weight is 606 g/mol. The van der Waals surface area contributed by atoms with Crippen LogP contribution >= 0.6 is 46.6 Å². The van der Waals surface area contributed by atoms with Gasteiger partial charge in [0.2, 0.25) is 0 Å². The summed E-state index contributed by atoms with van der Waals surface area (Å²) in [5.74, 6) is -1.05. The fraction of sp³-hybridized carbons (Fsp3) is 0.423. The summed E-state index contributed by atoms with van der Waals surface area (Å²) in [6.45, 7) is 5.89. The number of halogens is 9. The number of thioether (sulfide) groups is 1. The first-order valence-corrected chi connectivity index (χ1v) is 13.5. The fourth-order valence-corrected chi connectivity index (χ4v) is 5.25. The minimum atomic E-state index is -4.87. The minimum absolute atomic E-state index is 0.0718. The van der Waals surface area contributed by atoms with Crippen molar-refractivity contribution in [1.82, 2.24) is 0 Å². The summed E-state index contributed by atoms with van der Waals surface area (Å²) in [6, 6.07) is 4.88. The van der Waals surface area contributed by atoms with Gasteiger partial charge in [0.15, 0.2) is 5.78 Å². The van der Waals surface area contributed by atoms with E-state index in [4.69, 9.17) is 34.8 Å². The van der Waals surface area contributed by atoms with Gasteiger partial charge in [0.05, 0.1) is 26.5 Å². The number of ketones is 1. The van der Waals surface area contributed by atoms with Crippen LogP contribution in [0, 0.1) is 11.8 Å². The molecule has 0 saturated heterocycles. The van der Waals surface area contributed by atoms with Gasteiger partial charge in [-0.1, -0.05) is 79.9 Å². The number of hydrogen-bond acceptors (Lipinski definition) is 2. The van der Waals surface area contributed by atoms with E-state index in [9.17, 15) is 31.1 Å². The first kappa shape index (κ1) is 31.9. The van der Waals surface area contributed by atoms with Crippen LogP contribution in [0.2, 0.25) is 15.1 Å². The van der Waals surface area contributed by atoms with Crippen molar-refractivity contribution in [3.05, 3.63) is 73.7 Å². The Kier molecular flexibility index (Phi) is 11.3. The van der Waals surface area contributed by atoms with E-state index in [2.05, 4.69) is 0 Å². The molecule has 37 heavy (non-hydrogen) atoms. The normalized spacial score (nSPS) is 14.4. The lowest BCUT2D eigenvalue weighted by Crippen LogP contribution is -2.19. The van der Waals surface area contributed by atoms with Crippen LogP contribution in [0.3, 0.4) is 0 Å². The number of hydrogen-bond donors (Lipinski definition) is 0. The Morgan fingerprint density at radius 1 is 0.946 bits per heavy atom. The van der Waals surface area contributed by atoms with E-state index in [-0.39, 0.29) is 38.5 Å². The molecule has 11 heteroatoms. The zero-order valence-corrected chi connectivity index (χ0v) is 23.2. The molecule has 2 aromatic rings. The van der Waals surface area contributed by atoms with Crippen LogP contribution in [0.15, 0.2) is 36.4 Å². The molecule has 1 nitrogen and oxygen atoms in total. The Morgan fingerprint density at radius 3 is 2.05 bits per heavy atom. The van der Waals surface area contributed by atoms with Crippen LogP contribution in [0.5, 0.6) is 0 Å². The van der Waals surface area contributed by atoms with Crippen LogP contribution in [-0.4, -0.2) is 23.5 Å². The van der Waals surface area contributed by atoms with Crippen LogP contribution in [0.25, 0.3) is 6.08 Å². The molecule has 2 atom stereocenters. The number of carbonyl (C=O) groups excluding carboxylic acids is 1. The number of alkyl halides is 6. The summed E-state index contributed by atoms with van der Waals surface area (Å²) in [5.41, 5.74) is -2.17. The molecule has 0 fully saturated rings. The Labute approximate surface area is 231 Å². The van der Waals surface area contributed by atoms with E-state index >= 15 is 0 Å². The summed E-state index contributed by atoms with van der Waals surface area (Å²) in [5, 5.41) is -0.489. The highest BCUT2D eigenvalue weighted by Crippen LogP contribution is 2.41. The molecule has 1 unspecified atom stereocenters. The SMILES string of the molecule is CC(C)CSC[C@@H](C)CC(=O)c1ccc(/C=C/C(c2cc(Cl)c(Cl)c(Cl)c2)C(F)(F)F)cc1C(F)(F)F. The molecule has 204 valence electrons. The average Bonchev–Trinajstić information content (AvgIpc) is 2.75. The van der Waals surface area contributed by atoms with E-state index in [0.29, 0.717) is 23.8 Å². The lowest BCUT2D eigenvalue weighted by molar-refractivity contribution is -0.139. The summed E-state index contributed by atoms with van der Waals surface area (Å²) in [6.07, 6.45) is -8.10. The van der Waals surface area contributed by atoms with E-state index in [1.807, 2.05) is 13.8 Å². The van der Waals surface area contributed by atoms with E-state index < -0.39 is 35.2 Å². The third-order valence-electron chi connectivity index (χ3n) is 5.24. The third kappa shape index (κ3) is 9.41. The molecule has 0 heterocycles. The van der Waals surface area contributed by atoms with Gasteiger partial charge in [-0.15, -0.1) is 0 Å². The highest BCUT2D eigenvalue weighted by Gasteiger charge is 2.40. The van der Waals surface area contributed by atoms with Crippen LogP contribution in [0.4, 0.5) is 26.3 Å². The Hall–Kier alpha value is -1.35. The maximum absolute atomic E-state index is 13.8. The molecular formula is C26H25Cl3F6OS. The van der Waals surface area contributed by atoms with Crippen molar-refractivity contribution in [2.45, 2.75) is 45.5 Å². The number of rotatable bonds is 10. The van der Waals surface area contributed by atoms with E-state index in [0.717, 1.165) is 30.0 Å². The summed E-state index contributed by atoms with van der Waals surface area (Å²) < 4.78 is 82.7. The Morgan fingerprint density at radius 2 is 1.54 bits per heavy atom. The van der Waals surface area contributed by atoms with Gasteiger partial charge in [0.25, 0.3) is 0 Å². The zero-order valence-electron chi connectivity index (χ0n) is 20.1. The van der Waals surface area contributed by atoms with Crippen LogP contribution in [-0.2, 0) is 6.18 Å². The van der Waals surface area contributed by atoms with Crippen molar-refractivity contribution >= 4 is 58.4 Å². The topological polar surface area (TPSA) is 17.1 Å². The van der Waals surface area contributed by atoms with Crippen molar-refractivity contribution in [2.75, 3.05) is 11.5 Å². The molecule has 0 N–H and O–H groups in total. The number of allylic oxidation sites excluding steroid dienone is 1. The highest BCUT2D eigenvalue weighted by atomic mass is 35.5. The maximum atomic E-state index is 13.8. The molecule has 0 spiro atoms. The highest BCUT2D eigenvalue weighted by molar-refractivity contribution is 7.99. The maximum Gasteiger partial charge on any atom is 0.417 e. The second kappa shape index (κ2) is 13.1. The molecule has 2 aromatic carbocycles. The standard InChI is InChI=1S/C26H25Cl3F6OS/c1-14(2)12-37-13-15(3)8-23(36)18-6-4-16(9-20(18)26(33,34)35)5-7-19(25(30,31)32)17-10-21(27)24(29)22(28)11-17/h4-7,9-11,14-15,19H,8,12-13H2,1-3H3/b7-5+/t15-,19?/m0/s1. The summed E-state index contributed by atoms with van der Waals surface area (Å²) in [4.78, 5) is 12.7. The minimum Gasteiger partial charge on any atom is -0.294 e. The predicted molar refractivity (Wildman–Crippen MR) is 141 cm³/mol. The summed E-state index contributed by atoms with van der Waals surface area (Å²) >= 11 is 19.2. The van der Waals surface area contributed by atoms with Gasteiger partial charge in [-0.05, 0) is 52.7 Å².